The Balaban J connectivity index is 4.82. The Morgan fingerprint density at radius 1 is 1.06 bits per heavy atom. The van der Waals surface area contributed by atoms with Gasteiger partial charge < -0.3 is 4.52 Å². The molecule has 0 aromatic rings. The van der Waals surface area contributed by atoms with Gasteiger partial charge in [-0.15, -0.1) is 0 Å². The van der Waals surface area contributed by atoms with Gasteiger partial charge in [0.2, 0.25) is 0 Å². The molecule has 0 aliphatic rings. The summed E-state index contributed by atoms with van der Waals surface area (Å²) in [6.07, 6.45) is 1.10. The lowest BCUT2D eigenvalue weighted by atomic mass is 10.3. The maximum absolute atomic E-state index is 6.13. The average Bonchev–Trinajstić information content (AvgIpc) is 2.08. The summed E-state index contributed by atoms with van der Waals surface area (Å²) in [6.45, 7) is 18.9. The van der Waals surface area contributed by atoms with Crippen molar-refractivity contribution in [3.63, 3.8) is 0 Å². The minimum Gasteiger partial charge on any atom is -0.343 e. The second-order valence-electron chi connectivity index (χ2n) is 5.84. The molecule has 0 saturated carbocycles. The van der Waals surface area contributed by atoms with Gasteiger partial charge in [0.1, 0.15) is 8.30 Å². The zero-order valence-corrected chi connectivity index (χ0v) is 13.3. The lowest BCUT2D eigenvalue weighted by molar-refractivity contribution is 0.242. The van der Waals surface area contributed by atoms with Crippen molar-refractivity contribution >= 4 is 8.30 Å². The lowest BCUT2D eigenvalue weighted by Gasteiger charge is -2.43. The van der Waals surface area contributed by atoms with Crippen LogP contribution in [-0.4, -0.2) is 28.5 Å². The van der Waals surface area contributed by atoms with Crippen LogP contribution in [-0.2, 0) is 4.52 Å². The quantitative estimate of drug-likeness (QED) is 0.634. The van der Waals surface area contributed by atoms with E-state index in [1.54, 1.807) is 0 Å². The van der Waals surface area contributed by atoms with E-state index in [1.165, 1.54) is 0 Å². The van der Waals surface area contributed by atoms with Crippen LogP contribution >= 0.6 is 8.30 Å². The molecule has 16 heavy (non-hydrogen) atoms. The molecule has 0 rings (SSSR count). The van der Waals surface area contributed by atoms with Gasteiger partial charge >= 0.3 is 0 Å². The summed E-state index contributed by atoms with van der Waals surface area (Å²) in [7, 11) is -0.517. The number of nitrogens with zero attached hydrogens (tertiary/aromatic N) is 1. The first kappa shape index (κ1) is 16.4. The van der Waals surface area contributed by atoms with Crippen LogP contribution in [0.5, 0.6) is 0 Å². The molecule has 0 aliphatic heterocycles. The van der Waals surface area contributed by atoms with Crippen LogP contribution in [0, 0.1) is 0 Å². The highest BCUT2D eigenvalue weighted by atomic mass is 31.2. The van der Waals surface area contributed by atoms with E-state index in [0.717, 1.165) is 13.0 Å². The normalized spacial score (nSPS) is 15.2. The van der Waals surface area contributed by atoms with Crippen LogP contribution in [0.1, 0.15) is 61.8 Å². The van der Waals surface area contributed by atoms with E-state index < -0.39 is 8.30 Å². The van der Waals surface area contributed by atoms with Gasteiger partial charge in [-0.1, -0.05) is 27.7 Å². The summed E-state index contributed by atoms with van der Waals surface area (Å²) in [5, 5.41) is 0.221. The Morgan fingerprint density at radius 2 is 1.50 bits per heavy atom. The van der Waals surface area contributed by atoms with Crippen molar-refractivity contribution in [2.75, 3.05) is 6.61 Å². The second kappa shape index (κ2) is 6.93. The van der Waals surface area contributed by atoms with E-state index in [4.69, 9.17) is 4.52 Å². The summed E-state index contributed by atoms with van der Waals surface area (Å²) in [5.74, 6) is 0. The van der Waals surface area contributed by atoms with Crippen molar-refractivity contribution in [3.8, 4) is 0 Å². The third kappa shape index (κ3) is 5.12. The first-order chi connectivity index (χ1) is 7.21. The fourth-order valence-corrected chi connectivity index (χ4v) is 4.21. The molecule has 0 spiro atoms. The molecule has 1 atom stereocenters. The van der Waals surface area contributed by atoms with Crippen molar-refractivity contribution in [2.45, 2.75) is 79.1 Å². The van der Waals surface area contributed by atoms with E-state index in [2.05, 4.69) is 60.1 Å². The van der Waals surface area contributed by atoms with Crippen molar-refractivity contribution in [2.24, 2.45) is 0 Å². The summed E-state index contributed by atoms with van der Waals surface area (Å²) >= 11 is 0. The Labute approximate surface area is 104 Å². The van der Waals surface area contributed by atoms with Crippen molar-refractivity contribution < 1.29 is 4.52 Å². The predicted molar refractivity (Wildman–Crippen MR) is 75.0 cm³/mol. The SMILES string of the molecule is CCCOP(N(C(C)C)C(C)C)C(C)(C)C. The fraction of sp³-hybridized carbons (Fsp3) is 1.00. The largest absolute Gasteiger partial charge is 0.343 e. The molecule has 0 fully saturated rings. The van der Waals surface area contributed by atoms with Crippen LogP contribution < -0.4 is 0 Å². The molecule has 0 saturated heterocycles. The lowest BCUT2D eigenvalue weighted by Crippen LogP contribution is -2.38. The van der Waals surface area contributed by atoms with E-state index in [9.17, 15) is 0 Å². The summed E-state index contributed by atoms with van der Waals surface area (Å²) in [4.78, 5) is 0. The maximum atomic E-state index is 6.13. The van der Waals surface area contributed by atoms with Crippen LogP contribution in [0.3, 0.4) is 0 Å². The molecule has 0 aromatic heterocycles. The van der Waals surface area contributed by atoms with Crippen LogP contribution in [0.15, 0.2) is 0 Å². The van der Waals surface area contributed by atoms with E-state index >= 15 is 0 Å². The van der Waals surface area contributed by atoms with Gasteiger partial charge in [0, 0.05) is 17.2 Å². The van der Waals surface area contributed by atoms with Crippen LogP contribution in [0.2, 0.25) is 0 Å². The minimum absolute atomic E-state index is 0.221. The van der Waals surface area contributed by atoms with Gasteiger partial charge in [0.15, 0.2) is 0 Å². The Bertz CT molecular complexity index is 179. The summed E-state index contributed by atoms with van der Waals surface area (Å²) in [5.41, 5.74) is 0. The molecule has 3 heteroatoms. The molecular weight excluding hydrogens is 217 g/mol. The zero-order valence-electron chi connectivity index (χ0n) is 12.4. The Morgan fingerprint density at radius 3 is 1.75 bits per heavy atom. The van der Waals surface area contributed by atoms with Gasteiger partial charge in [-0.05, 0) is 34.1 Å². The molecule has 1 unspecified atom stereocenters. The number of hydrogen-bond donors (Lipinski definition) is 0. The number of hydrogen-bond acceptors (Lipinski definition) is 2. The molecule has 2 nitrogen and oxygen atoms in total. The molecular formula is C13H30NOP. The van der Waals surface area contributed by atoms with Gasteiger partial charge in [-0.2, -0.15) is 0 Å². The second-order valence-corrected chi connectivity index (χ2v) is 8.45. The Hall–Kier alpha value is 0.350. The monoisotopic (exact) mass is 247 g/mol. The molecule has 0 aliphatic carbocycles. The van der Waals surface area contributed by atoms with Gasteiger partial charge in [-0.25, -0.2) is 0 Å². The molecule has 0 heterocycles. The van der Waals surface area contributed by atoms with Gasteiger partial charge in [-0.3, -0.25) is 4.67 Å². The van der Waals surface area contributed by atoms with E-state index in [0.29, 0.717) is 12.1 Å². The van der Waals surface area contributed by atoms with Crippen molar-refractivity contribution in [1.29, 1.82) is 0 Å². The third-order valence-electron chi connectivity index (χ3n) is 2.26. The number of rotatable bonds is 6. The molecule has 98 valence electrons. The van der Waals surface area contributed by atoms with Crippen LogP contribution in [0.4, 0.5) is 0 Å². The molecule has 0 aromatic carbocycles. The maximum Gasteiger partial charge on any atom is 0.110 e. The summed E-state index contributed by atoms with van der Waals surface area (Å²) < 4.78 is 8.66. The first-order valence-corrected chi connectivity index (χ1v) is 7.64. The van der Waals surface area contributed by atoms with Crippen molar-refractivity contribution in [1.82, 2.24) is 4.67 Å². The molecule has 0 radical (unpaired) electrons. The van der Waals surface area contributed by atoms with E-state index in [1.807, 2.05) is 0 Å². The van der Waals surface area contributed by atoms with Gasteiger partial charge in [0.25, 0.3) is 0 Å². The minimum atomic E-state index is -0.517. The highest BCUT2D eigenvalue weighted by molar-refractivity contribution is 7.51. The predicted octanol–water partition coefficient (Wildman–Crippen LogP) is 4.64. The molecule has 0 amide bonds. The first-order valence-electron chi connectivity index (χ1n) is 6.43. The average molecular weight is 247 g/mol. The Kier molecular flexibility index (Phi) is 7.09. The third-order valence-corrected chi connectivity index (χ3v) is 5.18. The fourth-order valence-electron chi connectivity index (χ4n) is 1.80. The zero-order chi connectivity index (χ0) is 12.9. The molecule has 0 bridgehead atoms. The van der Waals surface area contributed by atoms with Crippen molar-refractivity contribution in [3.05, 3.63) is 0 Å². The smallest absolute Gasteiger partial charge is 0.110 e. The topological polar surface area (TPSA) is 12.5 Å². The van der Waals surface area contributed by atoms with Gasteiger partial charge in [0.05, 0.1) is 6.61 Å². The van der Waals surface area contributed by atoms with E-state index in [-0.39, 0.29) is 5.16 Å². The molecule has 0 N–H and O–H groups in total. The highest BCUT2D eigenvalue weighted by Gasteiger charge is 2.34. The highest BCUT2D eigenvalue weighted by Crippen LogP contribution is 2.55. The van der Waals surface area contributed by atoms with Crippen LogP contribution in [0.25, 0.3) is 0 Å². The standard InChI is InChI=1S/C13H30NOP/c1-9-10-15-16(13(6,7)8)14(11(2)3)12(4)5/h11-12H,9-10H2,1-8H3. The summed E-state index contributed by atoms with van der Waals surface area (Å²) in [6, 6.07) is 1.09.